The highest BCUT2D eigenvalue weighted by Gasteiger charge is 2.02. The monoisotopic (exact) mass is 296 g/mol. The molecular formula is C15H21ClN2S. The van der Waals surface area contributed by atoms with E-state index in [1.165, 1.54) is 49.0 Å². The zero-order valence-corrected chi connectivity index (χ0v) is 12.9. The fourth-order valence-electron chi connectivity index (χ4n) is 2.02. The molecule has 0 bridgehead atoms. The Morgan fingerprint density at radius 3 is 2.42 bits per heavy atom. The van der Waals surface area contributed by atoms with Crippen LogP contribution in [-0.4, -0.2) is 4.98 Å². The summed E-state index contributed by atoms with van der Waals surface area (Å²) in [7, 11) is 0. The van der Waals surface area contributed by atoms with Crippen molar-refractivity contribution in [1.82, 2.24) is 4.98 Å². The van der Waals surface area contributed by atoms with Gasteiger partial charge < -0.3 is 5.73 Å². The number of nitrogen functional groups attached to an aromatic ring is 1. The van der Waals surface area contributed by atoms with Crippen LogP contribution in [0.2, 0.25) is 0 Å². The van der Waals surface area contributed by atoms with E-state index in [-0.39, 0.29) is 12.4 Å². The number of hydrogen-bond acceptors (Lipinski definition) is 3. The van der Waals surface area contributed by atoms with Crippen molar-refractivity contribution in [3.63, 3.8) is 0 Å². The van der Waals surface area contributed by atoms with E-state index >= 15 is 0 Å². The number of aromatic nitrogens is 1. The molecule has 1 aromatic carbocycles. The normalized spacial score (nSPS) is 10.2. The minimum Gasteiger partial charge on any atom is -0.375 e. The quantitative estimate of drug-likeness (QED) is 0.767. The fourth-order valence-corrected chi connectivity index (χ4v) is 2.59. The molecule has 0 aliphatic carbocycles. The van der Waals surface area contributed by atoms with Crippen LogP contribution < -0.4 is 5.73 Å². The molecule has 2 N–H and O–H groups in total. The van der Waals surface area contributed by atoms with Gasteiger partial charge in [-0.15, -0.1) is 23.7 Å². The van der Waals surface area contributed by atoms with E-state index in [0.717, 1.165) is 11.3 Å². The van der Waals surface area contributed by atoms with E-state index in [9.17, 15) is 0 Å². The summed E-state index contributed by atoms with van der Waals surface area (Å²) in [6.07, 6.45) is 6.44. The van der Waals surface area contributed by atoms with Crippen LogP contribution >= 0.6 is 23.7 Å². The molecule has 1 aromatic heterocycles. The maximum absolute atomic E-state index is 5.65. The number of nitrogens with zero attached hydrogens (tertiary/aromatic N) is 1. The van der Waals surface area contributed by atoms with Crippen molar-refractivity contribution in [1.29, 1.82) is 0 Å². The molecular weight excluding hydrogens is 276 g/mol. The molecule has 0 spiro atoms. The molecule has 0 amide bonds. The van der Waals surface area contributed by atoms with Crippen LogP contribution in [0.1, 0.15) is 38.2 Å². The first-order valence-electron chi connectivity index (χ1n) is 6.60. The number of aryl methyl sites for hydroxylation is 1. The largest absolute Gasteiger partial charge is 0.375 e. The number of benzene rings is 1. The summed E-state index contributed by atoms with van der Waals surface area (Å²) in [6, 6.07) is 8.70. The van der Waals surface area contributed by atoms with Gasteiger partial charge in [-0.1, -0.05) is 50.5 Å². The van der Waals surface area contributed by atoms with Gasteiger partial charge in [0.1, 0.15) is 0 Å². The van der Waals surface area contributed by atoms with Crippen molar-refractivity contribution in [3.8, 4) is 11.3 Å². The first kappa shape index (κ1) is 16.0. The maximum Gasteiger partial charge on any atom is 0.180 e. The standard InChI is InChI=1S/C15H20N2S.ClH/c1-2-3-4-5-6-12-7-9-13(10-8-12)14-11-18-15(16)17-14;/h7-11H,2-6H2,1H3,(H2,16,17);1H. The van der Waals surface area contributed by atoms with Crippen molar-refractivity contribution in [2.24, 2.45) is 0 Å². The Kier molecular flexibility index (Phi) is 6.89. The van der Waals surface area contributed by atoms with Crippen molar-refractivity contribution >= 4 is 28.9 Å². The lowest BCUT2D eigenvalue weighted by Crippen LogP contribution is -1.87. The number of unbranched alkanes of at least 4 members (excludes halogenated alkanes) is 3. The van der Waals surface area contributed by atoms with Gasteiger partial charge in [-0.2, -0.15) is 0 Å². The zero-order chi connectivity index (χ0) is 12.8. The van der Waals surface area contributed by atoms with E-state index < -0.39 is 0 Å². The Balaban J connectivity index is 0.00000180. The second kappa shape index (κ2) is 8.18. The first-order chi connectivity index (χ1) is 8.79. The summed E-state index contributed by atoms with van der Waals surface area (Å²) in [5, 5.41) is 2.64. The van der Waals surface area contributed by atoms with Gasteiger partial charge in [-0.25, -0.2) is 4.98 Å². The molecule has 0 aliphatic rings. The van der Waals surface area contributed by atoms with E-state index in [0.29, 0.717) is 5.13 Å². The number of rotatable bonds is 6. The molecule has 0 aliphatic heterocycles. The summed E-state index contributed by atoms with van der Waals surface area (Å²) < 4.78 is 0. The highest BCUT2D eigenvalue weighted by molar-refractivity contribution is 7.13. The number of hydrogen-bond donors (Lipinski definition) is 1. The average molecular weight is 297 g/mol. The minimum absolute atomic E-state index is 0. The van der Waals surface area contributed by atoms with E-state index in [4.69, 9.17) is 5.73 Å². The molecule has 4 heteroatoms. The molecule has 2 aromatic rings. The van der Waals surface area contributed by atoms with Gasteiger partial charge in [-0.3, -0.25) is 0 Å². The number of halogens is 1. The van der Waals surface area contributed by atoms with E-state index in [1.807, 2.05) is 5.38 Å². The maximum atomic E-state index is 5.65. The number of thiazole rings is 1. The lowest BCUT2D eigenvalue weighted by Gasteiger charge is -2.02. The van der Waals surface area contributed by atoms with Crippen LogP contribution in [0.5, 0.6) is 0 Å². The Morgan fingerprint density at radius 2 is 1.84 bits per heavy atom. The molecule has 0 fully saturated rings. The first-order valence-corrected chi connectivity index (χ1v) is 7.48. The second-order valence-electron chi connectivity index (χ2n) is 4.58. The van der Waals surface area contributed by atoms with Crippen molar-refractivity contribution in [2.45, 2.75) is 39.0 Å². The lowest BCUT2D eigenvalue weighted by atomic mass is 10.0. The molecule has 0 atom stereocenters. The predicted octanol–water partition coefficient (Wildman–Crippen LogP) is 4.94. The van der Waals surface area contributed by atoms with Gasteiger partial charge in [0.2, 0.25) is 0 Å². The van der Waals surface area contributed by atoms with Crippen LogP contribution in [-0.2, 0) is 6.42 Å². The van der Waals surface area contributed by atoms with Gasteiger partial charge in [0.25, 0.3) is 0 Å². The molecule has 104 valence electrons. The lowest BCUT2D eigenvalue weighted by molar-refractivity contribution is 0.667. The topological polar surface area (TPSA) is 38.9 Å². The number of nitrogens with two attached hydrogens (primary N) is 1. The third kappa shape index (κ3) is 4.84. The SMILES string of the molecule is CCCCCCc1ccc(-c2csc(N)n2)cc1.Cl. The smallest absolute Gasteiger partial charge is 0.180 e. The highest BCUT2D eigenvalue weighted by Crippen LogP contribution is 2.23. The summed E-state index contributed by atoms with van der Waals surface area (Å²) in [6.45, 7) is 2.24. The van der Waals surface area contributed by atoms with Gasteiger partial charge >= 0.3 is 0 Å². The van der Waals surface area contributed by atoms with Crippen molar-refractivity contribution in [3.05, 3.63) is 35.2 Å². The molecule has 2 rings (SSSR count). The van der Waals surface area contributed by atoms with Gasteiger partial charge in [-0.05, 0) is 18.4 Å². The molecule has 0 saturated heterocycles. The van der Waals surface area contributed by atoms with Crippen LogP contribution in [0, 0.1) is 0 Å². The second-order valence-corrected chi connectivity index (χ2v) is 5.47. The Bertz CT molecular complexity index is 479. The van der Waals surface area contributed by atoms with Gasteiger partial charge in [0, 0.05) is 10.9 Å². The van der Waals surface area contributed by atoms with Crippen molar-refractivity contribution in [2.75, 3.05) is 5.73 Å². The number of anilines is 1. The van der Waals surface area contributed by atoms with Crippen LogP contribution in [0.4, 0.5) is 5.13 Å². The fraction of sp³-hybridized carbons (Fsp3) is 0.400. The molecule has 1 heterocycles. The minimum atomic E-state index is 0. The molecule has 19 heavy (non-hydrogen) atoms. The van der Waals surface area contributed by atoms with E-state index in [1.54, 1.807) is 0 Å². The summed E-state index contributed by atoms with van der Waals surface area (Å²) >= 11 is 1.49. The summed E-state index contributed by atoms with van der Waals surface area (Å²) in [4.78, 5) is 4.29. The van der Waals surface area contributed by atoms with Gasteiger partial charge in [0.15, 0.2) is 5.13 Å². The van der Waals surface area contributed by atoms with Crippen molar-refractivity contribution < 1.29 is 0 Å². The molecule has 0 radical (unpaired) electrons. The third-order valence-corrected chi connectivity index (χ3v) is 3.76. The summed E-state index contributed by atoms with van der Waals surface area (Å²) in [5.74, 6) is 0. The Hall–Kier alpha value is -1.06. The molecule has 0 unspecified atom stereocenters. The molecule has 0 saturated carbocycles. The Morgan fingerprint density at radius 1 is 1.11 bits per heavy atom. The zero-order valence-electron chi connectivity index (χ0n) is 11.3. The summed E-state index contributed by atoms with van der Waals surface area (Å²) in [5.41, 5.74) is 9.20. The third-order valence-electron chi connectivity index (χ3n) is 3.09. The Labute approximate surface area is 125 Å². The van der Waals surface area contributed by atoms with Crippen LogP contribution in [0.15, 0.2) is 29.6 Å². The van der Waals surface area contributed by atoms with E-state index in [2.05, 4.69) is 36.2 Å². The average Bonchev–Trinajstić information content (AvgIpc) is 2.82. The van der Waals surface area contributed by atoms with Crippen LogP contribution in [0.25, 0.3) is 11.3 Å². The predicted molar refractivity (Wildman–Crippen MR) is 87.1 cm³/mol. The van der Waals surface area contributed by atoms with Crippen LogP contribution in [0.3, 0.4) is 0 Å². The molecule has 2 nitrogen and oxygen atoms in total. The van der Waals surface area contributed by atoms with Gasteiger partial charge in [0.05, 0.1) is 5.69 Å². The highest BCUT2D eigenvalue weighted by atomic mass is 35.5.